The minimum Gasteiger partial charge on any atom is -0.490 e. The van der Waals surface area contributed by atoms with Crippen molar-refractivity contribution in [2.75, 3.05) is 19.3 Å². The van der Waals surface area contributed by atoms with Crippen LogP contribution >= 0.6 is 12.4 Å². The highest BCUT2D eigenvalue weighted by Gasteiger charge is 2.48. The van der Waals surface area contributed by atoms with E-state index in [0.717, 1.165) is 30.4 Å². The number of carbonyl (C=O) groups is 1. The van der Waals surface area contributed by atoms with Crippen molar-refractivity contribution < 1.29 is 17.9 Å². The molecule has 6 nitrogen and oxygen atoms in total. The Morgan fingerprint density at radius 1 is 1.22 bits per heavy atom. The van der Waals surface area contributed by atoms with E-state index >= 15 is 0 Å². The van der Waals surface area contributed by atoms with Gasteiger partial charge in [-0.05, 0) is 57.7 Å². The summed E-state index contributed by atoms with van der Waals surface area (Å²) in [6, 6.07) is 7.65. The second-order valence-corrected chi connectivity index (χ2v) is 9.66. The maximum Gasteiger partial charge on any atom is 0.241 e. The van der Waals surface area contributed by atoms with Crippen LogP contribution < -0.4 is 15.4 Å². The Labute approximate surface area is 167 Å². The van der Waals surface area contributed by atoms with Gasteiger partial charge in [0, 0.05) is 18.4 Å². The molecule has 0 unspecified atom stereocenters. The molecule has 152 valence electrons. The number of hydrogen-bond acceptors (Lipinski definition) is 5. The van der Waals surface area contributed by atoms with E-state index in [1.165, 1.54) is 12.8 Å². The average Bonchev–Trinajstić information content (AvgIpc) is 3.13. The Kier molecular flexibility index (Phi) is 7.54. The lowest BCUT2D eigenvalue weighted by Gasteiger charge is -2.34. The first-order chi connectivity index (χ1) is 12.4. The lowest BCUT2D eigenvalue weighted by atomic mass is 9.95. The zero-order valence-electron chi connectivity index (χ0n) is 15.7. The number of nitrogens with one attached hydrogen (secondary N) is 2. The van der Waals surface area contributed by atoms with Gasteiger partial charge in [0.2, 0.25) is 5.91 Å². The van der Waals surface area contributed by atoms with Crippen LogP contribution in [0.25, 0.3) is 0 Å². The van der Waals surface area contributed by atoms with Crippen LogP contribution in [0.1, 0.15) is 44.1 Å². The normalized spacial score (nSPS) is 19.9. The highest BCUT2D eigenvalue weighted by molar-refractivity contribution is 7.92. The van der Waals surface area contributed by atoms with Gasteiger partial charge in [-0.15, -0.1) is 12.4 Å². The summed E-state index contributed by atoms with van der Waals surface area (Å²) in [5.74, 6) is 0.371. The Hall–Kier alpha value is -1.31. The molecule has 1 saturated heterocycles. The Bertz CT molecular complexity index is 742. The van der Waals surface area contributed by atoms with Crippen LogP contribution in [0, 0.1) is 0 Å². The van der Waals surface area contributed by atoms with Crippen LogP contribution in [0.2, 0.25) is 0 Å². The molecule has 0 aromatic heterocycles. The highest BCUT2D eigenvalue weighted by atomic mass is 35.5. The average molecular weight is 417 g/mol. The van der Waals surface area contributed by atoms with Crippen molar-refractivity contribution in [2.24, 2.45) is 0 Å². The number of sulfone groups is 1. The van der Waals surface area contributed by atoms with Gasteiger partial charge < -0.3 is 15.4 Å². The molecule has 0 spiro atoms. The molecule has 1 saturated carbocycles. The highest BCUT2D eigenvalue weighted by Crippen LogP contribution is 2.29. The lowest BCUT2D eigenvalue weighted by Crippen LogP contribution is -2.57. The summed E-state index contributed by atoms with van der Waals surface area (Å²) in [5, 5.41) is 5.98. The molecular weight excluding hydrogens is 388 g/mol. The van der Waals surface area contributed by atoms with Crippen molar-refractivity contribution in [1.82, 2.24) is 10.6 Å². The van der Waals surface area contributed by atoms with Crippen LogP contribution in [-0.4, -0.2) is 44.5 Å². The quantitative estimate of drug-likeness (QED) is 0.742. The molecule has 1 aromatic rings. The maximum absolute atomic E-state index is 12.8. The predicted molar refractivity (Wildman–Crippen MR) is 108 cm³/mol. The molecule has 0 bridgehead atoms. The molecule has 27 heavy (non-hydrogen) atoms. The third-order valence-corrected chi connectivity index (χ3v) is 7.56. The summed E-state index contributed by atoms with van der Waals surface area (Å²) >= 11 is 0. The summed E-state index contributed by atoms with van der Waals surface area (Å²) in [5.41, 5.74) is 0.880. The van der Waals surface area contributed by atoms with Crippen molar-refractivity contribution >= 4 is 28.2 Å². The number of piperidine rings is 1. The minimum absolute atomic E-state index is 0. The summed E-state index contributed by atoms with van der Waals surface area (Å²) in [4.78, 5) is 12.8. The van der Waals surface area contributed by atoms with Crippen molar-refractivity contribution in [2.45, 2.75) is 55.9 Å². The van der Waals surface area contributed by atoms with E-state index in [1.54, 1.807) is 0 Å². The van der Waals surface area contributed by atoms with Gasteiger partial charge in [0.25, 0.3) is 0 Å². The van der Waals surface area contributed by atoms with E-state index in [9.17, 15) is 13.2 Å². The molecule has 1 heterocycles. The van der Waals surface area contributed by atoms with E-state index in [-0.39, 0.29) is 25.1 Å². The fraction of sp³-hybridized carbons (Fsp3) is 0.632. The zero-order chi connectivity index (χ0) is 18.6. The van der Waals surface area contributed by atoms with Gasteiger partial charge in [0.15, 0.2) is 14.6 Å². The number of ether oxygens (including phenoxy) is 1. The van der Waals surface area contributed by atoms with Crippen LogP contribution in [0.15, 0.2) is 24.3 Å². The monoisotopic (exact) mass is 416 g/mol. The Morgan fingerprint density at radius 3 is 2.48 bits per heavy atom. The van der Waals surface area contributed by atoms with Gasteiger partial charge in [-0.25, -0.2) is 8.42 Å². The van der Waals surface area contributed by atoms with Crippen LogP contribution in [0.4, 0.5) is 0 Å². The number of para-hydroxylation sites is 1. The Morgan fingerprint density at radius 2 is 1.85 bits per heavy atom. The predicted octanol–water partition coefficient (Wildman–Crippen LogP) is 2.21. The first-order valence-electron chi connectivity index (χ1n) is 9.35. The number of halogens is 1. The van der Waals surface area contributed by atoms with Gasteiger partial charge in [0.05, 0.1) is 6.10 Å². The molecule has 3 rings (SSSR count). The number of amides is 1. The molecule has 8 heteroatoms. The van der Waals surface area contributed by atoms with E-state index < -0.39 is 20.5 Å². The van der Waals surface area contributed by atoms with Crippen LogP contribution in [0.5, 0.6) is 5.75 Å². The van der Waals surface area contributed by atoms with Crippen LogP contribution in [-0.2, 0) is 21.2 Å². The number of hydrogen-bond donors (Lipinski definition) is 2. The molecule has 1 aromatic carbocycles. The first-order valence-corrected chi connectivity index (χ1v) is 11.2. The fourth-order valence-electron chi connectivity index (χ4n) is 3.88. The maximum atomic E-state index is 12.8. The largest absolute Gasteiger partial charge is 0.490 e. The summed E-state index contributed by atoms with van der Waals surface area (Å²) < 4.78 is 29.5. The first kappa shape index (κ1) is 22.0. The number of rotatable bonds is 6. The molecule has 0 atom stereocenters. The third-order valence-electron chi connectivity index (χ3n) is 5.54. The molecule has 2 N–H and O–H groups in total. The SMILES string of the molecule is CS(=O)(=O)C1(C(=O)NCc2ccccc2OC2CCCC2)CCNCC1.Cl. The van der Waals surface area contributed by atoms with Gasteiger partial charge in [-0.2, -0.15) is 0 Å². The summed E-state index contributed by atoms with van der Waals surface area (Å²) in [6.07, 6.45) is 6.50. The van der Waals surface area contributed by atoms with Crippen molar-refractivity contribution in [1.29, 1.82) is 0 Å². The van der Waals surface area contributed by atoms with Gasteiger partial charge >= 0.3 is 0 Å². The molecule has 0 radical (unpaired) electrons. The number of carbonyl (C=O) groups excluding carboxylic acids is 1. The third kappa shape index (κ3) is 4.95. The van der Waals surface area contributed by atoms with E-state index in [1.807, 2.05) is 24.3 Å². The second kappa shape index (κ2) is 9.26. The Balaban J connectivity index is 0.00000261. The molecule has 1 amide bonds. The lowest BCUT2D eigenvalue weighted by molar-refractivity contribution is -0.124. The van der Waals surface area contributed by atoms with E-state index in [0.29, 0.717) is 25.9 Å². The van der Waals surface area contributed by atoms with Crippen molar-refractivity contribution in [3.63, 3.8) is 0 Å². The number of benzene rings is 1. The van der Waals surface area contributed by atoms with Gasteiger partial charge in [0.1, 0.15) is 5.75 Å². The van der Waals surface area contributed by atoms with Crippen molar-refractivity contribution in [3.8, 4) is 5.75 Å². The van der Waals surface area contributed by atoms with E-state index in [4.69, 9.17) is 4.74 Å². The van der Waals surface area contributed by atoms with Crippen molar-refractivity contribution in [3.05, 3.63) is 29.8 Å². The fourth-order valence-corrected chi connectivity index (χ4v) is 5.24. The van der Waals surface area contributed by atoms with Crippen LogP contribution in [0.3, 0.4) is 0 Å². The molecular formula is C19H29ClN2O4S. The molecule has 1 aliphatic carbocycles. The molecule has 1 aliphatic heterocycles. The minimum atomic E-state index is -3.50. The standard InChI is InChI=1S/C19H28N2O4S.ClH/c1-26(23,24)19(10-12-20-13-11-19)18(22)21-14-15-6-2-5-9-17(15)25-16-7-3-4-8-16;/h2,5-6,9,16,20H,3-4,7-8,10-14H2,1H3,(H,21,22);1H. The molecule has 2 fully saturated rings. The van der Waals surface area contributed by atoms with Gasteiger partial charge in [-0.3, -0.25) is 4.79 Å². The second-order valence-electron chi connectivity index (χ2n) is 7.33. The molecule has 2 aliphatic rings. The smallest absolute Gasteiger partial charge is 0.241 e. The summed E-state index contributed by atoms with van der Waals surface area (Å²) in [7, 11) is -3.50. The van der Waals surface area contributed by atoms with E-state index in [2.05, 4.69) is 10.6 Å². The topological polar surface area (TPSA) is 84.5 Å². The van der Waals surface area contributed by atoms with Gasteiger partial charge in [-0.1, -0.05) is 18.2 Å². The zero-order valence-corrected chi connectivity index (χ0v) is 17.3. The summed E-state index contributed by atoms with van der Waals surface area (Å²) in [6.45, 7) is 1.33.